The topological polar surface area (TPSA) is 71.3 Å². The molecule has 1 aromatic heterocycles. The first-order valence-electron chi connectivity index (χ1n) is 4.58. The standard InChI is InChI=1S/C8H12N4O2/c1-6-7(11-14-10-6)8(13)12-4-2-9-3-5-12/h9H,2-5H2,1H3. The van der Waals surface area contributed by atoms with Crippen LogP contribution in [0.3, 0.4) is 0 Å². The molecule has 76 valence electrons. The predicted octanol–water partition coefficient (Wildman–Crippen LogP) is -0.577. The molecule has 0 spiro atoms. The first kappa shape index (κ1) is 9.14. The number of hydrogen-bond donors (Lipinski definition) is 1. The molecular formula is C8H12N4O2. The lowest BCUT2D eigenvalue weighted by Crippen LogP contribution is -2.46. The van der Waals surface area contributed by atoms with Crippen LogP contribution < -0.4 is 5.32 Å². The van der Waals surface area contributed by atoms with Gasteiger partial charge < -0.3 is 10.2 Å². The summed E-state index contributed by atoms with van der Waals surface area (Å²) in [5.74, 6) is -0.0924. The van der Waals surface area contributed by atoms with Crippen molar-refractivity contribution in [2.75, 3.05) is 26.2 Å². The zero-order chi connectivity index (χ0) is 9.97. The number of carbonyl (C=O) groups excluding carboxylic acids is 1. The second-order valence-electron chi connectivity index (χ2n) is 3.24. The molecule has 1 saturated heterocycles. The number of hydrogen-bond acceptors (Lipinski definition) is 5. The molecule has 0 bridgehead atoms. The Balaban J connectivity index is 2.11. The molecule has 6 nitrogen and oxygen atoms in total. The van der Waals surface area contributed by atoms with E-state index in [2.05, 4.69) is 20.3 Å². The fourth-order valence-electron chi connectivity index (χ4n) is 1.44. The van der Waals surface area contributed by atoms with Crippen molar-refractivity contribution in [1.82, 2.24) is 20.5 Å². The number of nitrogens with zero attached hydrogens (tertiary/aromatic N) is 3. The van der Waals surface area contributed by atoms with E-state index < -0.39 is 0 Å². The van der Waals surface area contributed by atoms with Gasteiger partial charge in [-0.25, -0.2) is 4.63 Å². The summed E-state index contributed by atoms with van der Waals surface area (Å²) >= 11 is 0. The van der Waals surface area contributed by atoms with Crippen molar-refractivity contribution >= 4 is 5.91 Å². The average Bonchev–Trinajstić information content (AvgIpc) is 2.65. The maximum absolute atomic E-state index is 11.8. The maximum atomic E-state index is 11.8. The van der Waals surface area contributed by atoms with Crippen LogP contribution in [0.15, 0.2) is 4.63 Å². The Labute approximate surface area is 81.2 Å². The van der Waals surface area contributed by atoms with Crippen molar-refractivity contribution in [3.05, 3.63) is 11.4 Å². The van der Waals surface area contributed by atoms with Crippen molar-refractivity contribution in [2.45, 2.75) is 6.92 Å². The van der Waals surface area contributed by atoms with E-state index in [4.69, 9.17) is 0 Å². The smallest absolute Gasteiger partial charge is 0.278 e. The second kappa shape index (κ2) is 3.75. The van der Waals surface area contributed by atoms with Crippen LogP contribution in [0, 0.1) is 6.92 Å². The molecule has 1 aliphatic rings. The SMILES string of the molecule is Cc1nonc1C(=O)N1CCNCC1. The van der Waals surface area contributed by atoms with Gasteiger partial charge in [-0.2, -0.15) is 0 Å². The molecular weight excluding hydrogens is 184 g/mol. The Bertz CT molecular complexity index is 330. The quantitative estimate of drug-likeness (QED) is 0.651. The van der Waals surface area contributed by atoms with Crippen molar-refractivity contribution in [2.24, 2.45) is 0 Å². The van der Waals surface area contributed by atoms with Gasteiger partial charge in [0.25, 0.3) is 5.91 Å². The Morgan fingerprint density at radius 1 is 1.43 bits per heavy atom. The van der Waals surface area contributed by atoms with E-state index in [9.17, 15) is 4.79 Å². The molecule has 1 N–H and O–H groups in total. The Morgan fingerprint density at radius 2 is 2.14 bits per heavy atom. The molecule has 6 heteroatoms. The summed E-state index contributed by atoms with van der Waals surface area (Å²) in [6.45, 7) is 4.80. The van der Waals surface area contributed by atoms with Crippen LogP contribution in [0.2, 0.25) is 0 Å². The minimum Gasteiger partial charge on any atom is -0.335 e. The van der Waals surface area contributed by atoms with Gasteiger partial charge in [0, 0.05) is 26.2 Å². The first-order valence-corrected chi connectivity index (χ1v) is 4.58. The number of amides is 1. The van der Waals surface area contributed by atoms with Crippen LogP contribution in [0.4, 0.5) is 0 Å². The molecule has 0 unspecified atom stereocenters. The number of aromatic nitrogens is 2. The first-order chi connectivity index (χ1) is 6.79. The lowest BCUT2D eigenvalue weighted by molar-refractivity contribution is 0.0724. The van der Waals surface area contributed by atoms with Crippen molar-refractivity contribution in [1.29, 1.82) is 0 Å². The number of carbonyl (C=O) groups is 1. The Kier molecular flexibility index (Phi) is 2.45. The predicted molar refractivity (Wildman–Crippen MR) is 47.8 cm³/mol. The third kappa shape index (κ3) is 1.60. The summed E-state index contributed by atoms with van der Waals surface area (Å²) < 4.78 is 4.49. The summed E-state index contributed by atoms with van der Waals surface area (Å²) in [6.07, 6.45) is 0. The van der Waals surface area contributed by atoms with Gasteiger partial charge >= 0.3 is 0 Å². The van der Waals surface area contributed by atoms with Crippen LogP contribution in [-0.4, -0.2) is 47.3 Å². The van der Waals surface area contributed by atoms with Crippen molar-refractivity contribution in [3.8, 4) is 0 Å². The van der Waals surface area contributed by atoms with Gasteiger partial charge in [0.2, 0.25) is 0 Å². The molecule has 0 radical (unpaired) electrons. The fraction of sp³-hybridized carbons (Fsp3) is 0.625. The van der Waals surface area contributed by atoms with Gasteiger partial charge in [0.1, 0.15) is 5.69 Å². The minimum absolute atomic E-state index is 0.0924. The molecule has 1 aliphatic heterocycles. The van der Waals surface area contributed by atoms with Crippen LogP contribution in [0.1, 0.15) is 16.2 Å². The highest BCUT2D eigenvalue weighted by atomic mass is 16.6. The van der Waals surface area contributed by atoms with Gasteiger partial charge in [0.05, 0.1) is 0 Å². The van der Waals surface area contributed by atoms with Crippen molar-refractivity contribution < 1.29 is 9.42 Å². The monoisotopic (exact) mass is 196 g/mol. The molecule has 1 fully saturated rings. The maximum Gasteiger partial charge on any atom is 0.278 e. The molecule has 2 heterocycles. The van der Waals surface area contributed by atoms with Crippen molar-refractivity contribution in [3.63, 3.8) is 0 Å². The van der Waals surface area contributed by atoms with Gasteiger partial charge in [-0.15, -0.1) is 0 Å². The molecule has 0 atom stereocenters. The minimum atomic E-state index is -0.0924. The van der Waals surface area contributed by atoms with E-state index >= 15 is 0 Å². The summed E-state index contributed by atoms with van der Waals surface area (Å²) in [6, 6.07) is 0. The highest BCUT2D eigenvalue weighted by Crippen LogP contribution is 2.06. The number of rotatable bonds is 1. The van der Waals surface area contributed by atoms with E-state index in [0.717, 1.165) is 13.1 Å². The molecule has 0 aliphatic carbocycles. The Morgan fingerprint density at radius 3 is 2.71 bits per heavy atom. The summed E-state index contributed by atoms with van der Waals surface area (Å²) in [5.41, 5.74) is 0.875. The molecule has 14 heavy (non-hydrogen) atoms. The van der Waals surface area contributed by atoms with E-state index in [-0.39, 0.29) is 5.91 Å². The molecule has 0 aromatic carbocycles. The average molecular weight is 196 g/mol. The van der Waals surface area contributed by atoms with Crippen LogP contribution in [0.5, 0.6) is 0 Å². The molecule has 1 amide bonds. The largest absolute Gasteiger partial charge is 0.335 e. The third-order valence-corrected chi connectivity index (χ3v) is 2.26. The highest BCUT2D eigenvalue weighted by molar-refractivity contribution is 5.93. The molecule has 1 aromatic rings. The van der Waals surface area contributed by atoms with Crippen LogP contribution in [-0.2, 0) is 0 Å². The highest BCUT2D eigenvalue weighted by Gasteiger charge is 2.22. The second-order valence-corrected chi connectivity index (χ2v) is 3.24. The molecule has 2 rings (SSSR count). The lowest BCUT2D eigenvalue weighted by atomic mass is 10.2. The zero-order valence-corrected chi connectivity index (χ0v) is 7.99. The van der Waals surface area contributed by atoms with Gasteiger partial charge in [-0.3, -0.25) is 4.79 Å². The van der Waals surface area contributed by atoms with Gasteiger partial charge in [-0.05, 0) is 12.1 Å². The number of piperazine rings is 1. The summed E-state index contributed by atoms with van der Waals surface area (Å²) in [4.78, 5) is 13.6. The fourth-order valence-corrected chi connectivity index (χ4v) is 1.44. The summed E-state index contributed by atoms with van der Waals surface area (Å²) in [7, 11) is 0. The van der Waals surface area contributed by atoms with Crippen LogP contribution >= 0.6 is 0 Å². The van der Waals surface area contributed by atoms with E-state index in [1.54, 1.807) is 11.8 Å². The Hall–Kier alpha value is -1.43. The zero-order valence-electron chi connectivity index (χ0n) is 7.99. The van der Waals surface area contributed by atoms with E-state index in [1.807, 2.05) is 0 Å². The summed E-state index contributed by atoms with van der Waals surface area (Å²) in [5, 5.41) is 10.4. The van der Waals surface area contributed by atoms with Gasteiger partial charge in [0.15, 0.2) is 5.69 Å². The number of nitrogens with one attached hydrogen (secondary N) is 1. The lowest BCUT2D eigenvalue weighted by Gasteiger charge is -2.26. The third-order valence-electron chi connectivity index (χ3n) is 2.26. The normalized spacial score (nSPS) is 17.1. The van der Waals surface area contributed by atoms with E-state index in [0.29, 0.717) is 24.5 Å². The van der Waals surface area contributed by atoms with Crippen LogP contribution in [0.25, 0.3) is 0 Å². The van der Waals surface area contributed by atoms with E-state index in [1.165, 1.54) is 0 Å². The number of aryl methyl sites for hydroxylation is 1. The molecule has 0 saturated carbocycles. The van der Waals surface area contributed by atoms with Gasteiger partial charge in [-0.1, -0.05) is 5.16 Å².